The first-order chi connectivity index (χ1) is 8.67. The fourth-order valence-electron chi connectivity index (χ4n) is 1.88. The Morgan fingerprint density at radius 2 is 2.22 bits per heavy atom. The zero-order valence-electron chi connectivity index (χ0n) is 10.5. The molecule has 1 unspecified atom stereocenters. The number of hydrogen-bond donors (Lipinski definition) is 3. The van der Waals surface area contributed by atoms with Gasteiger partial charge in [0.2, 0.25) is 0 Å². The summed E-state index contributed by atoms with van der Waals surface area (Å²) in [6.07, 6.45) is 3.87. The summed E-state index contributed by atoms with van der Waals surface area (Å²) >= 11 is 0. The van der Waals surface area contributed by atoms with Crippen LogP contribution in [-0.4, -0.2) is 24.5 Å². The molecular weight excluding hydrogens is 232 g/mol. The second-order valence-electron chi connectivity index (χ2n) is 4.02. The van der Waals surface area contributed by atoms with Gasteiger partial charge in [-0.25, -0.2) is 4.98 Å². The van der Waals surface area contributed by atoms with Crippen molar-refractivity contribution in [3.8, 4) is 0 Å². The first-order valence-corrected chi connectivity index (χ1v) is 5.77. The molecule has 0 aromatic carbocycles. The van der Waals surface area contributed by atoms with Gasteiger partial charge in [-0.3, -0.25) is 20.6 Å². The van der Waals surface area contributed by atoms with Crippen LogP contribution in [0.2, 0.25) is 0 Å². The van der Waals surface area contributed by atoms with Crippen molar-refractivity contribution in [3.63, 3.8) is 0 Å². The van der Waals surface area contributed by atoms with E-state index in [1.807, 2.05) is 11.6 Å². The molecule has 18 heavy (non-hydrogen) atoms. The third-order valence-corrected chi connectivity index (χ3v) is 2.97. The highest BCUT2D eigenvalue weighted by atomic mass is 15.3. The van der Waals surface area contributed by atoms with E-state index in [2.05, 4.69) is 20.6 Å². The van der Waals surface area contributed by atoms with Crippen LogP contribution in [0.1, 0.15) is 24.4 Å². The summed E-state index contributed by atoms with van der Waals surface area (Å²) in [5.41, 5.74) is 9.55. The van der Waals surface area contributed by atoms with Crippen molar-refractivity contribution in [1.82, 2.24) is 30.0 Å². The van der Waals surface area contributed by atoms with Gasteiger partial charge >= 0.3 is 0 Å². The van der Waals surface area contributed by atoms with Gasteiger partial charge < -0.3 is 5.73 Å². The molecule has 2 rings (SSSR count). The molecule has 0 saturated heterocycles. The van der Waals surface area contributed by atoms with Crippen molar-refractivity contribution >= 4 is 5.82 Å². The minimum Gasteiger partial charge on any atom is -0.384 e. The van der Waals surface area contributed by atoms with Gasteiger partial charge in [0, 0.05) is 25.6 Å². The van der Waals surface area contributed by atoms with Gasteiger partial charge in [-0.2, -0.15) is 10.2 Å². The van der Waals surface area contributed by atoms with Crippen molar-refractivity contribution in [2.24, 2.45) is 12.9 Å². The zero-order valence-corrected chi connectivity index (χ0v) is 10.5. The topological polar surface area (TPSA) is 113 Å². The largest absolute Gasteiger partial charge is 0.384 e. The van der Waals surface area contributed by atoms with E-state index in [4.69, 9.17) is 11.6 Å². The SMILES string of the molecule is CCn1ncnc1CC(NN)c1cnn(C)c1N. The van der Waals surface area contributed by atoms with E-state index in [1.54, 1.807) is 24.3 Å². The fraction of sp³-hybridized carbons (Fsp3) is 0.500. The zero-order chi connectivity index (χ0) is 13.1. The first-order valence-electron chi connectivity index (χ1n) is 5.77. The molecule has 8 heteroatoms. The summed E-state index contributed by atoms with van der Waals surface area (Å²) in [4.78, 5) is 4.23. The maximum Gasteiger partial charge on any atom is 0.138 e. The van der Waals surface area contributed by atoms with Gasteiger partial charge in [0.05, 0.1) is 12.2 Å². The Morgan fingerprint density at radius 3 is 2.78 bits per heavy atom. The highest BCUT2D eigenvalue weighted by Gasteiger charge is 2.19. The lowest BCUT2D eigenvalue weighted by molar-refractivity contribution is 0.511. The number of nitrogen functional groups attached to an aromatic ring is 1. The third kappa shape index (κ3) is 2.20. The van der Waals surface area contributed by atoms with E-state index in [1.165, 1.54) is 0 Å². The van der Waals surface area contributed by atoms with Crippen molar-refractivity contribution < 1.29 is 0 Å². The van der Waals surface area contributed by atoms with Gasteiger partial charge in [-0.15, -0.1) is 0 Å². The Balaban J connectivity index is 2.22. The maximum absolute atomic E-state index is 5.94. The average molecular weight is 250 g/mol. The van der Waals surface area contributed by atoms with Crippen molar-refractivity contribution in [3.05, 3.63) is 23.9 Å². The molecule has 0 saturated carbocycles. The van der Waals surface area contributed by atoms with Crippen LogP contribution in [-0.2, 0) is 20.0 Å². The minimum absolute atomic E-state index is 0.131. The van der Waals surface area contributed by atoms with Crippen LogP contribution in [0.3, 0.4) is 0 Å². The van der Waals surface area contributed by atoms with E-state index in [9.17, 15) is 0 Å². The van der Waals surface area contributed by atoms with Crippen LogP contribution in [0.5, 0.6) is 0 Å². The Bertz CT molecular complexity index is 514. The molecule has 0 aliphatic heterocycles. The molecule has 2 aromatic rings. The summed E-state index contributed by atoms with van der Waals surface area (Å²) < 4.78 is 3.45. The van der Waals surface area contributed by atoms with Crippen molar-refractivity contribution in [1.29, 1.82) is 0 Å². The Morgan fingerprint density at radius 1 is 1.44 bits per heavy atom. The van der Waals surface area contributed by atoms with Gasteiger partial charge in [0.1, 0.15) is 18.0 Å². The van der Waals surface area contributed by atoms with E-state index in [0.717, 1.165) is 17.9 Å². The van der Waals surface area contributed by atoms with Crippen LogP contribution in [0, 0.1) is 0 Å². The van der Waals surface area contributed by atoms with E-state index < -0.39 is 0 Å². The Labute approximate surface area is 105 Å². The van der Waals surface area contributed by atoms with Crippen LogP contribution in [0.25, 0.3) is 0 Å². The number of aryl methyl sites for hydroxylation is 2. The summed E-state index contributed by atoms with van der Waals surface area (Å²) in [7, 11) is 1.79. The molecule has 0 fully saturated rings. The monoisotopic (exact) mass is 250 g/mol. The molecule has 2 aromatic heterocycles. The molecule has 1 atom stereocenters. The summed E-state index contributed by atoms with van der Waals surface area (Å²) in [6, 6.07) is -0.131. The number of anilines is 1. The van der Waals surface area contributed by atoms with Gasteiger partial charge in [-0.05, 0) is 6.92 Å². The molecule has 0 radical (unpaired) electrons. The molecule has 2 heterocycles. The summed E-state index contributed by atoms with van der Waals surface area (Å²) in [6.45, 7) is 2.79. The van der Waals surface area contributed by atoms with Crippen LogP contribution in [0.15, 0.2) is 12.5 Å². The van der Waals surface area contributed by atoms with Crippen LogP contribution in [0.4, 0.5) is 5.82 Å². The second-order valence-corrected chi connectivity index (χ2v) is 4.02. The molecular formula is C10H18N8. The fourth-order valence-corrected chi connectivity index (χ4v) is 1.88. The molecule has 0 aliphatic carbocycles. The number of aromatic nitrogens is 5. The van der Waals surface area contributed by atoms with Crippen molar-refractivity contribution in [2.75, 3.05) is 5.73 Å². The number of nitrogens with two attached hydrogens (primary N) is 2. The molecule has 0 bridgehead atoms. The molecule has 98 valence electrons. The van der Waals surface area contributed by atoms with Gasteiger partial charge in [0.15, 0.2) is 0 Å². The Hall–Kier alpha value is -1.93. The Kier molecular flexibility index (Phi) is 3.58. The molecule has 8 nitrogen and oxygen atoms in total. The predicted molar refractivity (Wildman–Crippen MR) is 67.1 cm³/mol. The van der Waals surface area contributed by atoms with Crippen molar-refractivity contribution in [2.45, 2.75) is 25.9 Å². The number of hydrazine groups is 1. The van der Waals surface area contributed by atoms with Crippen LogP contribution < -0.4 is 17.0 Å². The van der Waals surface area contributed by atoms with E-state index >= 15 is 0 Å². The lowest BCUT2D eigenvalue weighted by Gasteiger charge is -2.15. The molecule has 0 amide bonds. The quantitative estimate of drug-likeness (QED) is 0.480. The number of nitrogens with zero attached hydrogens (tertiary/aromatic N) is 5. The highest BCUT2D eigenvalue weighted by molar-refractivity contribution is 5.41. The minimum atomic E-state index is -0.131. The number of nitrogens with one attached hydrogen (secondary N) is 1. The lowest BCUT2D eigenvalue weighted by Crippen LogP contribution is -2.31. The van der Waals surface area contributed by atoms with E-state index in [0.29, 0.717) is 12.2 Å². The summed E-state index contributed by atoms with van der Waals surface area (Å²) in [5.74, 6) is 7.05. The maximum atomic E-state index is 5.94. The summed E-state index contributed by atoms with van der Waals surface area (Å²) in [5, 5.41) is 8.24. The van der Waals surface area contributed by atoms with Crippen LogP contribution >= 0.6 is 0 Å². The average Bonchev–Trinajstić information content (AvgIpc) is 2.95. The molecule has 0 spiro atoms. The van der Waals surface area contributed by atoms with Gasteiger partial charge in [-0.1, -0.05) is 0 Å². The van der Waals surface area contributed by atoms with Gasteiger partial charge in [0.25, 0.3) is 0 Å². The standard InChI is InChI=1S/C10H18N8/c1-3-18-9(13-6-15-18)4-8(16-12)7-5-14-17(2)10(7)11/h5-6,8,16H,3-4,11-12H2,1-2H3. The first kappa shape index (κ1) is 12.5. The second kappa shape index (κ2) is 5.15. The van der Waals surface area contributed by atoms with E-state index in [-0.39, 0.29) is 6.04 Å². The highest BCUT2D eigenvalue weighted by Crippen LogP contribution is 2.21. The number of rotatable bonds is 5. The molecule has 5 N–H and O–H groups in total. The molecule has 0 aliphatic rings. The normalized spacial score (nSPS) is 12.8. The smallest absolute Gasteiger partial charge is 0.138 e. The lowest BCUT2D eigenvalue weighted by atomic mass is 10.1. The third-order valence-electron chi connectivity index (χ3n) is 2.97. The predicted octanol–water partition coefficient (Wildman–Crippen LogP) is -0.639. The number of hydrogen-bond acceptors (Lipinski definition) is 6.